The Bertz CT molecular complexity index is 501. The Hall–Kier alpha value is -2.24. The molecule has 6 nitrogen and oxygen atoms in total. The van der Waals surface area contributed by atoms with E-state index in [-0.39, 0.29) is 18.6 Å². The first-order valence-corrected chi connectivity index (χ1v) is 6.11. The number of hydrogen-bond donors (Lipinski definition) is 2. The van der Waals surface area contributed by atoms with Crippen molar-refractivity contribution in [2.75, 3.05) is 6.79 Å². The van der Waals surface area contributed by atoms with Crippen LogP contribution in [0.1, 0.15) is 30.6 Å². The lowest BCUT2D eigenvalue weighted by atomic mass is 10.1. The number of nitrogens with one attached hydrogen (secondary N) is 2. The number of carbonyl (C=O) groups excluding carboxylic acids is 2. The highest BCUT2D eigenvalue weighted by atomic mass is 16.7. The summed E-state index contributed by atoms with van der Waals surface area (Å²) in [5.74, 6) is 0.393. The Morgan fingerprint density at radius 3 is 2.74 bits per heavy atom. The normalized spacial score (nSPS) is 13.8. The van der Waals surface area contributed by atoms with Gasteiger partial charge in [0.25, 0.3) is 5.91 Å². The van der Waals surface area contributed by atoms with Crippen LogP contribution in [0.5, 0.6) is 11.5 Å². The first-order valence-electron chi connectivity index (χ1n) is 6.11. The summed E-state index contributed by atoms with van der Waals surface area (Å²) in [5.41, 5.74) is 5.16. The highest BCUT2D eigenvalue weighted by molar-refractivity contribution is 5.96. The Morgan fingerprint density at radius 2 is 2.00 bits per heavy atom. The molecule has 1 aliphatic heterocycles. The molecular formula is C13H16N2O4. The van der Waals surface area contributed by atoms with Crippen molar-refractivity contribution in [3.63, 3.8) is 0 Å². The van der Waals surface area contributed by atoms with Crippen molar-refractivity contribution in [1.29, 1.82) is 0 Å². The van der Waals surface area contributed by atoms with Gasteiger partial charge in [-0.2, -0.15) is 0 Å². The highest BCUT2D eigenvalue weighted by Gasteiger charge is 2.17. The van der Waals surface area contributed by atoms with Crippen molar-refractivity contribution in [3.05, 3.63) is 23.8 Å². The quantitative estimate of drug-likeness (QED) is 0.805. The minimum Gasteiger partial charge on any atom is -0.454 e. The number of benzene rings is 1. The lowest BCUT2D eigenvalue weighted by molar-refractivity contribution is -0.125. The highest BCUT2D eigenvalue weighted by Crippen LogP contribution is 2.32. The molecule has 1 aromatic rings. The molecule has 2 N–H and O–H groups in total. The van der Waals surface area contributed by atoms with Gasteiger partial charge in [-0.05, 0) is 24.6 Å². The number of hydrazine groups is 1. The number of fused-ring (bicyclic) bond motifs is 1. The summed E-state index contributed by atoms with van der Waals surface area (Å²) in [4.78, 5) is 23.4. The topological polar surface area (TPSA) is 76.7 Å². The fourth-order valence-electron chi connectivity index (χ4n) is 1.54. The van der Waals surface area contributed by atoms with Crippen LogP contribution in [0.25, 0.3) is 0 Å². The second-order valence-corrected chi connectivity index (χ2v) is 4.32. The average Bonchev–Trinajstić information content (AvgIpc) is 2.90. The third kappa shape index (κ3) is 2.96. The molecule has 1 unspecified atom stereocenters. The Morgan fingerprint density at radius 1 is 1.26 bits per heavy atom. The van der Waals surface area contributed by atoms with Gasteiger partial charge in [0.1, 0.15) is 0 Å². The van der Waals surface area contributed by atoms with Gasteiger partial charge >= 0.3 is 0 Å². The second-order valence-electron chi connectivity index (χ2n) is 4.32. The predicted molar refractivity (Wildman–Crippen MR) is 67.6 cm³/mol. The maximum atomic E-state index is 11.8. The zero-order chi connectivity index (χ0) is 13.8. The van der Waals surface area contributed by atoms with Crippen LogP contribution in [-0.2, 0) is 4.79 Å². The molecule has 0 aliphatic carbocycles. The molecule has 2 amide bonds. The molecule has 0 aromatic heterocycles. The summed E-state index contributed by atoms with van der Waals surface area (Å²) < 4.78 is 10.3. The third-order valence-corrected chi connectivity index (χ3v) is 2.99. The molecule has 102 valence electrons. The molecule has 1 heterocycles. The maximum absolute atomic E-state index is 11.8. The van der Waals surface area contributed by atoms with Crippen molar-refractivity contribution >= 4 is 11.8 Å². The smallest absolute Gasteiger partial charge is 0.269 e. The van der Waals surface area contributed by atoms with Gasteiger partial charge in [0.15, 0.2) is 11.5 Å². The van der Waals surface area contributed by atoms with E-state index in [1.807, 2.05) is 6.92 Å². The van der Waals surface area contributed by atoms with Crippen molar-refractivity contribution in [1.82, 2.24) is 10.9 Å². The van der Waals surface area contributed by atoms with E-state index >= 15 is 0 Å². The Kier molecular flexibility index (Phi) is 3.89. The van der Waals surface area contributed by atoms with Gasteiger partial charge in [-0.3, -0.25) is 20.4 Å². The molecule has 1 aromatic carbocycles. The summed E-state index contributed by atoms with van der Waals surface area (Å²) >= 11 is 0. The van der Waals surface area contributed by atoms with E-state index in [4.69, 9.17) is 9.47 Å². The van der Waals surface area contributed by atoms with Gasteiger partial charge in [0.2, 0.25) is 12.7 Å². The third-order valence-electron chi connectivity index (χ3n) is 2.99. The van der Waals surface area contributed by atoms with Gasteiger partial charge in [-0.25, -0.2) is 0 Å². The zero-order valence-electron chi connectivity index (χ0n) is 10.9. The molecule has 0 radical (unpaired) electrons. The molecule has 2 rings (SSSR count). The van der Waals surface area contributed by atoms with E-state index in [1.165, 1.54) is 0 Å². The van der Waals surface area contributed by atoms with Crippen molar-refractivity contribution in [3.8, 4) is 11.5 Å². The van der Waals surface area contributed by atoms with E-state index < -0.39 is 5.91 Å². The Labute approximate surface area is 111 Å². The standard InChI is InChI=1S/C13H16N2O4/c1-3-8(2)12(16)14-15-13(17)9-4-5-10-11(6-9)19-7-18-10/h4-6,8H,3,7H2,1-2H3,(H,14,16)(H,15,17). The van der Waals surface area contributed by atoms with Crippen LogP contribution in [0.3, 0.4) is 0 Å². The van der Waals surface area contributed by atoms with Gasteiger partial charge in [0.05, 0.1) is 0 Å². The van der Waals surface area contributed by atoms with Gasteiger partial charge in [0, 0.05) is 11.5 Å². The lowest BCUT2D eigenvalue weighted by Crippen LogP contribution is -2.43. The van der Waals surface area contributed by atoms with Crippen LogP contribution in [0.15, 0.2) is 18.2 Å². The summed E-state index contributed by atoms with van der Waals surface area (Å²) in [6.07, 6.45) is 0.714. The van der Waals surface area contributed by atoms with E-state index in [0.717, 1.165) is 0 Å². The monoisotopic (exact) mass is 264 g/mol. The minimum absolute atomic E-state index is 0.142. The van der Waals surface area contributed by atoms with Crippen molar-refractivity contribution in [2.45, 2.75) is 20.3 Å². The van der Waals surface area contributed by atoms with E-state index in [2.05, 4.69) is 10.9 Å². The molecule has 0 saturated carbocycles. The van der Waals surface area contributed by atoms with E-state index in [0.29, 0.717) is 23.5 Å². The second kappa shape index (κ2) is 5.60. The SMILES string of the molecule is CCC(C)C(=O)NNC(=O)c1ccc2c(c1)OCO2. The molecule has 0 spiro atoms. The average molecular weight is 264 g/mol. The summed E-state index contributed by atoms with van der Waals surface area (Å²) in [5, 5.41) is 0. The molecular weight excluding hydrogens is 248 g/mol. The zero-order valence-corrected chi connectivity index (χ0v) is 10.9. The summed E-state index contributed by atoms with van der Waals surface area (Å²) in [7, 11) is 0. The fraction of sp³-hybridized carbons (Fsp3) is 0.385. The summed E-state index contributed by atoms with van der Waals surface area (Å²) in [6, 6.07) is 4.85. The van der Waals surface area contributed by atoms with Crippen LogP contribution in [0, 0.1) is 5.92 Å². The van der Waals surface area contributed by atoms with E-state index in [9.17, 15) is 9.59 Å². The van der Waals surface area contributed by atoms with Crippen molar-refractivity contribution < 1.29 is 19.1 Å². The minimum atomic E-state index is -0.394. The number of rotatable bonds is 3. The van der Waals surface area contributed by atoms with Crippen LogP contribution in [0.2, 0.25) is 0 Å². The summed E-state index contributed by atoms with van der Waals surface area (Å²) in [6.45, 7) is 3.86. The first-order chi connectivity index (χ1) is 9.11. The number of amides is 2. The Balaban J connectivity index is 1.95. The molecule has 19 heavy (non-hydrogen) atoms. The first kappa shape index (κ1) is 13.2. The largest absolute Gasteiger partial charge is 0.454 e. The lowest BCUT2D eigenvalue weighted by Gasteiger charge is -2.11. The fourth-order valence-corrected chi connectivity index (χ4v) is 1.54. The number of carbonyl (C=O) groups is 2. The molecule has 0 bridgehead atoms. The van der Waals surface area contributed by atoms with Gasteiger partial charge in [-0.15, -0.1) is 0 Å². The molecule has 0 fully saturated rings. The molecule has 1 aliphatic rings. The van der Waals surface area contributed by atoms with Crippen molar-refractivity contribution in [2.24, 2.45) is 5.92 Å². The number of ether oxygens (including phenoxy) is 2. The van der Waals surface area contributed by atoms with Crippen LogP contribution >= 0.6 is 0 Å². The van der Waals surface area contributed by atoms with Crippen LogP contribution < -0.4 is 20.3 Å². The van der Waals surface area contributed by atoms with Gasteiger partial charge in [-0.1, -0.05) is 13.8 Å². The molecule has 1 atom stereocenters. The number of hydrogen-bond acceptors (Lipinski definition) is 4. The molecule has 0 saturated heterocycles. The molecule has 6 heteroatoms. The van der Waals surface area contributed by atoms with Gasteiger partial charge < -0.3 is 9.47 Å². The van der Waals surface area contributed by atoms with Crippen LogP contribution in [0.4, 0.5) is 0 Å². The van der Waals surface area contributed by atoms with E-state index in [1.54, 1.807) is 25.1 Å². The maximum Gasteiger partial charge on any atom is 0.269 e. The predicted octanol–water partition coefficient (Wildman–Crippen LogP) is 1.22. The van der Waals surface area contributed by atoms with Crippen LogP contribution in [-0.4, -0.2) is 18.6 Å².